The van der Waals surface area contributed by atoms with Crippen molar-refractivity contribution in [2.75, 3.05) is 5.75 Å². The van der Waals surface area contributed by atoms with Gasteiger partial charge in [0.2, 0.25) is 5.91 Å². The van der Waals surface area contributed by atoms with Crippen LogP contribution in [0.25, 0.3) is 11.4 Å². The number of hydrogen-bond acceptors (Lipinski definition) is 5. The molecule has 2 heterocycles. The van der Waals surface area contributed by atoms with E-state index in [9.17, 15) is 4.79 Å². The van der Waals surface area contributed by atoms with Crippen LogP contribution < -0.4 is 5.32 Å². The summed E-state index contributed by atoms with van der Waals surface area (Å²) in [5, 5.41) is 12.4. The molecule has 0 unspecified atom stereocenters. The van der Waals surface area contributed by atoms with Crippen LogP contribution in [-0.2, 0) is 11.8 Å². The van der Waals surface area contributed by atoms with Crippen LogP contribution in [0.5, 0.6) is 0 Å². The predicted octanol–water partition coefficient (Wildman–Crippen LogP) is 4.61. The van der Waals surface area contributed by atoms with Gasteiger partial charge < -0.3 is 9.88 Å². The molecule has 30 heavy (non-hydrogen) atoms. The van der Waals surface area contributed by atoms with Crippen molar-refractivity contribution in [3.05, 3.63) is 59.9 Å². The summed E-state index contributed by atoms with van der Waals surface area (Å²) in [6, 6.07) is 12.3. The molecule has 158 valence electrons. The van der Waals surface area contributed by atoms with E-state index in [1.165, 1.54) is 17.3 Å². The Hall–Kier alpha value is -2.67. The maximum atomic E-state index is 12.7. The van der Waals surface area contributed by atoms with Gasteiger partial charge in [-0.1, -0.05) is 63.7 Å². The van der Waals surface area contributed by atoms with Gasteiger partial charge in [-0.2, -0.15) is 0 Å². The average molecular weight is 424 g/mol. The minimum Gasteiger partial charge on any atom is -0.348 e. The Balaban J connectivity index is 1.63. The Labute approximate surface area is 182 Å². The summed E-state index contributed by atoms with van der Waals surface area (Å²) in [6.07, 6.45) is 3.45. The highest BCUT2D eigenvalue weighted by molar-refractivity contribution is 7.99. The summed E-state index contributed by atoms with van der Waals surface area (Å²) in [6.45, 7) is 8.61. The van der Waals surface area contributed by atoms with Crippen molar-refractivity contribution in [2.24, 2.45) is 13.0 Å². The van der Waals surface area contributed by atoms with Crippen LogP contribution in [0.3, 0.4) is 0 Å². The lowest BCUT2D eigenvalue weighted by molar-refractivity contribution is -0.119. The summed E-state index contributed by atoms with van der Waals surface area (Å²) < 4.78 is 1.90. The van der Waals surface area contributed by atoms with E-state index in [0.717, 1.165) is 17.0 Å². The van der Waals surface area contributed by atoms with E-state index in [-0.39, 0.29) is 23.6 Å². The topological polar surface area (TPSA) is 72.7 Å². The number of carbonyl (C=O) groups excluding carboxylic acids is 1. The van der Waals surface area contributed by atoms with Crippen LogP contribution in [-0.4, -0.2) is 31.4 Å². The third-order valence-electron chi connectivity index (χ3n) is 5.05. The normalized spacial score (nSPS) is 12.4. The van der Waals surface area contributed by atoms with Crippen LogP contribution in [0, 0.1) is 5.92 Å². The number of carbonyl (C=O) groups is 1. The smallest absolute Gasteiger partial charge is 0.230 e. The van der Waals surface area contributed by atoms with E-state index in [1.807, 2.05) is 23.7 Å². The second-order valence-corrected chi connectivity index (χ2v) is 8.94. The number of benzene rings is 1. The maximum Gasteiger partial charge on any atom is 0.230 e. The molecule has 3 rings (SSSR count). The van der Waals surface area contributed by atoms with Crippen LogP contribution in [0.4, 0.5) is 0 Å². The molecular weight excluding hydrogens is 394 g/mol. The van der Waals surface area contributed by atoms with Gasteiger partial charge in [0.1, 0.15) is 0 Å². The van der Waals surface area contributed by atoms with Crippen LogP contribution in [0.2, 0.25) is 0 Å². The van der Waals surface area contributed by atoms with Gasteiger partial charge in [-0.25, -0.2) is 0 Å². The van der Waals surface area contributed by atoms with Crippen LogP contribution >= 0.6 is 11.8 Å². The number of amides is 1. The molecule has 1 N–H and O–H groups in total. The van der Waals surface area contributed by atoms with Gasteiger partial charge in [-0.3, -0.25) is 9.78 Å². The molecule has 6 nitrogen and oxygen atoms in total. The third-order valence-corrected chi connectivity index (χ3v) is 6.07. The van der Waals surface area contributed by atoms with E-state index >= 15 is 0 Å². The highest BCUT2D eigenvalue weighted by Crippen LogP contribution is 2.25. The molecule has 1 atom stereocenters. The van der Waals surface area contributed by atoms with Crippen molar-refractivity contribution in [2.45, 2.75) is 44.8 Å². The lowest BCUT2D eigenvalue weighted by Crippen LogP contribution is -2.33. The maximum absolute atomic E-state index is 12.7. The quantitative estimate of drug-likeness (QED) is 0.536. The van der Waals surface area contributed by atoms with Gasteiger partial charge in [0, 0.05) is 25.0 Å². The molecule has 0 spiro atoms. The summed E-state index contributed by atoms with van der Waals surface area (Å²) in [5.41, 5.74) is 3.38. The Morgan fingerprint density at radius 3 is 2.23 bits per heavy atom. The number of thioether (sulfide) groups is 1. The molecule has 1 aromatic carbocycles. The average Bonchev–Trinajstić information content (AvgIpc) is 3.11. The highest BCUT2D eigenvalue weighted by Gasteiger charge is 2.20. The van der Waals surface area contributed by atoms with Crippen LogP contribution in [0.1, 0.15) is 50.8 Å². The minimum absolute atomic E-state index is 0.0138. The van der Waals surface area contributed by atoms with E-state index in [0.29, 0.717) is 11.1 Å². The number of aromatic nitrogens is 4. The molecule has 0 bridgehead atoms. The lowest BCUT2D eigenvalue weighted by Gasteiger charge is -2.23. The molecule has 0 aliphatic heterocycles. The number of hydrogen-bond donors (Lipinski definition) is 1. The molecule has 0 saturated carbocycles. The molecule has 1 amide bonds. The molecule has 0 fully saturated rings. The molecular formula is C23H29N5OS. The van der Waals surface area contributed by atoms with Crippen LogP contribution in [0.15, 0.2) is 53.9 Å². The standard InChI is InChI=1S/C23H29N5OS/c1-15(2)17-6-8-18(9-7-17)21(16(3)4)25-20(29)14-30-23-27-26-22(28(23)5)19-10-12-24-13-11-19/h6-13,15-16,21H,14H2,1-5H3,(H,25,29)/t21-/m0/s1. The molecule has 0 aliphatic rings. The van der Waals surface area contributed by atoms with E-state index in [1.54, 1.807) is 12.4 Å². The Morgan fingerprint density at radius 2 is 1.63 bits per heavy atom. The van der Waals surface area contributed by atoms with Gasteiger partial charge in [0.15, 0.2) is 11.0 Å². The van der Waals surface area contributed by atoms with Gasteiger partial charge in [-0.05, 0) is 35.1 Å². The zero-order chi connectivity index (χ0) is 21.7. The first-order valence-corrected chi connectivity index (χ1v) is 11.2. The number of nitrogens with zero attached hydrogens (tertiary/aromatic N) is 4. The molecule has 2 aromatic heterocycles. The molecule has 3 aromatic rings. The zero-order valence-corrected chi connectivity index (χ0v) is 19.0. The lowest BCUT2D eigenvalue weighted by atomic mass is 9.93. The van der Waals surface area contributed by atoms with Gasteiger partial charge in [-0.15, -0.1) is 10.2 Å². The van der Waals surface area contributed by atoms with Crippen molar-refractivity contribution in [3.8, 4) is 11.4 Å². The first-order chi connectivity index (χ1) is 14.4. The Morgan fingerprint density at radius 1 is 1.00 bits per heavy atom. The Kier molecular flexibility index (Phi) is 7.26. The van der Waals surface area contributed by atoms with Crippen molar-refractivity contribution < 1.29 is 4.79 Å². The fourth-order valence-electron chi connectivity index (χ4n) is 3.26. The number of rotatable bonds is 8. The monoisotopic (exact) mass is 423 g/mol. The third kappa shape index (κ3) is 5.27. The van der Waals surface area contributed by atoms with E-state index in [2.05, 4.69) is 72.5 Å². The summed E-state index contributed by atoms with van der Waals surface area (Å²) in [5.74, 6) is 1.81. The Bertz CT molecular complexity index is 967. The van der Waals surface area contributed by atoms with Crippen molar-refractivity contribution in [1.29, 1.82) is 0 Å². The molecule has 0 saturated heterocycles. The number of pyridine rings is 1. The second kappa shape index (κ2) is 9.89. The first-order valence-electron chi connectivity index (χ1n) is 10.2. The minimum atomic E-state index is -0.0220. The number of nitrogens with one attached hydrogen (secondary N) is 1. The van der Waals surface area contributed by atoms with Crippen molar-refractivity contribution in [3.63, 3.8) is 0 Å². The largest absolute Gasteiger partial charge is 0.348 e. The second-order valence-electron chi connectivity index (χ2n) is 8.00. The highest BCUT2D eigenvalue weighted by atomic mass is 32.2. The van der Waals surface area contributed by atoms with Crippen molar-refractivity contribution in [1.82, 2.24) is 25.1 Å². The predicted molar refractivity (Wildman–Crippen MR) is 121 cm³/mol. The zero-order valence-electron chi connectivity index (χ0n) is 18.2. The fourth-order valence-corrected chi connectivity index (χ4v) is 3.98. The molecule has 0 radical (unpaired) electrons. The van der Waals surface area contributed by atoms with Crippen molar-refractivity contribution >= 4 is 17.7 Å². The van der Waals surface area contributed by atoms with Gasteiger partial charge in [0.05, 0.1) is 11.8 Å². The van der Waals surface area contributed by atoms with Gasteiger partial charge in [0.25, 0.3) is 0 Å². The fraction of sp³-hybridized carbons (Fsp3) is 0.391. The van der Waals surface area contributed by atoms with E-state index in [4.69, 9.17) is 0 Å². The van der Waals surface area contributed by atoms with E-state index < -0.39 is 0 Å². The first kappa shape index (κ1) is 22.0. The SMILES string of the molecule is CC(C)c1ccc([C@@H](NC(=O)CSc2nnc(-c3ccncc3)n2C)C(C)C)cc1. The molecule has 0 aliphatic carbocycles. The molecule has 7 heteroatoms. The summed E-state index contributed by atoms with van der Waals surface area (Å²) in [7, 11) is 1.91. The summed E-state index contributed by atoms with van der Waals surface area (Å²) in [4.78, 5) is 16.7. The van der Waals surface area contributed by atoms with Gasteiger partial charge >= 0.3 is 0 Å². The summed E-state index contributed by atoms with van der Waals surface area (Å²) >= 11 is 1.39.